The number of hydrogen-bond acceptors (Lipinski definition) is 3. The van der Waals surface area contributed by atoms with Gasteiger partial charge >= 0.3 is 5.97 Å². The summed E-state index contributed by atoms with van der Waals surface area (Å²) in [5.74, 6) is -1.38. The van der Waals surface area contributed by atoms with Crippen molar-refractivity contribution in [3.63, 3.8) is 0 Å². The molecule has 0 bridgehead atoms. The molecule has 0 saturated carbocycles. The Morgan fingerprint density at radius 3 is 2.50 bits per heavy atom. The lowest BCUT2D eigenvalue weighted by molar-refractivity contribution is -0.150. The number of carboxylic acid groups (broad SMARTS) is 1. The van der Waals surface area contributed by atoms with Gasteiger partial charge in [0.05, 0.1) is 6.61 Å². The predicted molar refractivity (Wildman–Crippen MR) is 66.0 cm³/mol. The Balaban J connectivity index is 2.35. The molecule has 18 heavy (non-hydrogen) atoms. The molecule has 1 atom stereocenters. The molecule has 1 unspecified atom stereocenters. The maximum atomic E-state index is 11.6. The number of amides is 1. The fourth-order valence-electron chi connectivity index (χ4n) is 1.31. The zero-order valence-electron chi connectivity index (χ0n) is 10.5. The van der Waals surface area contributed by atoms with Crippen LogP contribution in [0.3, 0.4) is 0 Å². The third-order valence-electron chi connectivity index (χ3n) is 2.67. The Morgan fingerprint density at radius 1 is 1.33 bits per heavy atom. The van der Waals surface area contributed by atoms with Gasteiger partial charge in [0, 0.05) is 7.05 Å². The lowest BCUT2D eigenvalue weighted by Gasteiger charge is -2.21. The van der Waals surface area contributed by atoms with Crippen LogP contribution in [0.5, 0.6) is 0 Å². The summed E-state index contributed by atoms with van der Waals surface area (Å²) in [6, 6.07) is 8.62. The van der Waals surface area contributed by atoms with Crippen LogP contribution < -0.4 is 0 Å². The fourth-order valence-corrected chi connectivity index (χ4v) is 1.31. The van der Waals surface area contributed by atoms with Crippen LogP contribution >= 0.6 is 0 Å². The fraction of sp³-hybridized carbons (Fsp3) is 0.385. The second-order valence-electron chi connectivity index (χ2n) is 4.00. The molecule has 0 spiro atoms. The van der Waals surface area contributed by atoms with Gasteiger partial charge in [-0.15, -0.1) is 0 Å². The Kier molecular flexibility index (Phi) is 5.32. The normalized spacial score (nSPS) is 11.9. The monoisotopic (exact) mass is 251 g/mol. The first kappa shape index (κ1) is 14.2. The summed E-state index contributed by atoms with van der Waals surface area (Å²) in [6.07, 6.45) is 0. The highest BCUT2D eigenvalue weighted by Crippen LogP contribution is 2.02. The van der Waals surface area contributed by atoms with Crippen LogP contribution in [0.2, 0.25) is 0 Å². The van der Waals surface area contributed by atoms with Crippen LogP contribution in [0.15, 0.2) is 30.3 Å². The van der Waals surface area contributed by atoms with Gasteiger partial charge in [0.15, 0.2) is 0 Å². The number of carbonyl (C=O) groups is 2. The molecule has 0 aromatic heterocycles. The summed E-state index contributed by atoms with van der Waals surface area (Å²) in [5, 5.41) is 8.77. The van der Waals surface area contributed by atoms with Crippen molar-refractivity contribution in [1.82, 2.24) is 4.90 Å². The molecule has 1 N–H and O–H groups in total. The number of benzene rings is 1. The quantitative estimate of drug-likeness (QED) is 0.823. The van der Waals surface area contributed by atoms with E-state index in [4.69, 9.17) is 9.84 Å². The van der Waals surface area contributed by atoms with E-state index in [-0.39, 0.29) is 12.5 Å². The number of nitrogens with zero attached hydrogens (tertiary/aromatic N) is 1. The molecule has 0 aliphatic heterocycles. The lowest BCUT2D eigenvalue weighted by atomic mass is 10.2. The first-order chi connectivity index (χ1) is 8.52. The smallest absolute Gasteiger partial charge is 0.326 e. The topological polar surface area (TPSA) is 66.8 Å². The number of hydrogen-bond donors (Lipinski definition) is 1. The van der Waals surface area contributed by atoms with E-state index < -0.39 is 12.0 Å². The SMILES string of the molecule is CC(C(=O)O)N(C)C(=O)COCc1ccccc1. The first-order valence-electron chi connectivity index (χ1n) is 5.62. The average molecular weight is 251 g/mol. The van der Waals surface area contributed by atoms with E-state index in [2.05, 4.69) is 0 Å². The van der Waals surface area contributed by atoms with Crippen molar-refractivity contribution in [3.05, 3.63) is 35.9 Å². The zero-order chi connectivity index (χ0) is 13.5. The number of carbonyl (C=O) groups excluding carboxylic acids is 1. The van der Waals surface area contributed by atoms with Gasteiger partial charge in [-0.1, -0.05) is 30.3 Å². The van der Waals surface area contributed by atoms with E-state index in [9.17, 15) is 9.59 Å². The third-order valence-corrected chi connectivity index (χ3v) is 2.67. The van der Waals surface area contributed by atoms with E-state index in [0.29, 0.717) is 6.61 Å². The highest BCUT2D eigenvalue weighted by molar-refractivity contribution is 5.83. The minimum atomic E-state index is -1.03. The van der Waals surface area contributed by atoms with Crippen LogP contribution in [0.1, 0.15) is 12.5 Å². The number of rotatable bonds is 6. The van der Waals surface area contributed by atoms with Gasteiger partial charge in [0.1, 0.15) is 12.6 Å². The van der Waals surface area contributed by atoms with Crippen molar-refractivity contribution in [2.24, 2.45) is 0 Å². The molecule has 98 valence electrons. The summed E-state index contributed by atoms with van der Waals surface area (Å²) in [7, 11) is 1.45. The van der Waals surface area contributed by atoms with E-state index in [1.54, 1.807) is 0 Å². The van der Waals surface area contributed by atoms with Crippen LogP contribution in [0.25, 0.3) is 0 Å². The standard InChI is InChI=1S/C13H17NO4/c1-10(13(16)17)14(2)12(15)9-18-8-11-6-4-3-5-7-11/h3-7,10H,8-9H2,1-2H3,(H,16,17). The molecule has 5 heteroatoms. The molecular formula is C13H17NO4. The average Bonchev–Trinajstić information content (AvgIpc) is 2.38. The Morgan fingerprint density at radius 2 is 1.94 bits per heavy atom. The summed E-state index contributed by atoms with van der Waals surface area (Å²) in [6.45, 7) is 1.67. The minimum absolute atomic E-state index is 0.122. The maximum Gasteiger partial charge on any atom is 0.326 e. The van der Waals surface area contributed by atoms with Crippen LogP contribution in [-0.2, 0) is 20.9 Å². The van der Waals surface area contributed by atoms with Gasteiger partial charge in [-0.2, -0.15) is 0 Å². The van der Waals surface area contributed by atoms with Crippen molar-refractivity contribution in [3.8, 4) is 0 Å². The van der Waals surface area contributed by atoms with Crippen LogP contribution in [0, 0.1) is 0 Å². The Bertz CT molecular complexity index is 405. The van der Waals surface area contributed by atoms with Crippen molar-refractivity contribution < 1.29 is 19.4 Å². The highest BCUT2D eigenvalue weighted by Gasteiger charge is 2.21. The van der Waals surface area contributed by atoms with Gasteiger partial charge in [0.25, 0.3) is 0 Å². The van der Waals surface area contributed by atoms with Gasteiger partial charge in [0.2, 0.25) is 5.91 Å². The van der Waals surface area contributed by atoms with Gasteiger partial charge in [-0.05, 0) is 12.5 Å². The molecule has 0 aliphatic rings. The third kappa shape index (κ3) is 4.18. The molecule has 1 rings (SSSR count). The van der Waals surface area contributed by atoms with Gasteiger partial charge < -0.3 is 14.7 Å². The van der Waals surface area contributed by atoms with Crippen LogP contribution in [-0.4, -0.2) is 41.6 Å². The molecule has 0 aliphatic carbocycles. The van der Waals surface area contributed by atoms with Crippen molar-refractivity contribution in [2.75, 3.05) is 13.7 Å². The van der Waals surface area contributed by atoms with Crippen molar-refractivity contribution >= 4 is 11.9 Å². The maximum absolute atomic E-state index is 11.6. The number of ether oxygens (including phenoxy) is 1. The molecule has 5 nitrogen and oxygen atoms in total. The highest BCUT2D eigenvalue weighted by atomic mass is 16.5. The Labute approximate surface area is 106 Å². The predicted octanol–water partition coefficient (Wildman–Crippen LogP) is 1.13. The summed E-state index contributed by atoms with van der Waals surface area (Å²) in [4.78, 5) is 23.5. The van der Waals surface area contributed by atoms with Gasteiger partial charge in [-0.3, -0.25) is 4.79 Å². The Hall–Kier alpha value is -1.88. The number of carboxylic acids is 1. The van der Waals surface area contributed by atoms with E-state index in [1.807, 2.05) is 30.3 Å². The summed E-state index contributed by atoms with van der Waals surface area (Å²) < 4.78 is 5.25. The summed E-state index contributed by atoms with van der Waals surface area (Å²) in [5.41, 5.74) is 0.972. The molecule has 0 radical (unpaired) electrons. The number of aliphatic carboxylic acids is 1. The van der Waals surface area contributed by atoms with Crippen molar-refractivity contribution in [1.29, 1.82) is 0 Å². The molecular weight excluding hydrogens is 234 g/mol. The van der Waals surface area contributed by atoms with Gasteiger partial charge in [-0.25, -0.2) is 4.79 Å². The van der Waals surface area contributed by atoms with Crippen LogP contribution in [0.4, 0.5) is 0 Å². The minimum Gasteiger partial charge on any atom is -0.480 e. The second kappa shape index (κ2) is 6.76. The first-order valence-corrected chi connectivity index (χ1v) is 5.62. The molecule has 1 aromatic carbocycles. The molecule has 1 amide bonds. The summed E-state index contributed by atoms with van der Waals surface area (Å²) >= 11 is 0. The molecule has 0 fully saturated rings. The lowest BCUT2D eigenvalue weighted by Crippen LogP contribution is -2.42. The molecule has 0 saturated heterocycles. The van der Waals surface area contributed by atoms with E-state index >= 15 is 0 Å². The largest absolute Gasteiger partial charge is 0.480 e. The van der Waals surface area contributed by atoms with E-state index in [1.165, 1.54) is 14.0 Å². The second-order valence-corrected chi connectivity index (χ2v) is 4.00. The van der Waals surface area contributed by atoms with Crippen molar-refractivity contribution in [2.45, 2.75) is 19.6 Å². The molecule has 0 heterocycles. The van der Waals surface area contributed by atoms with E-state index in [0.717, 1.165) is 10.5 Å². The zero-order valence-corrected chi connectivity index (χ0v) is 10.5. The number of likely N-dealkylation sites (N-methyl/N-ethyl adjacent to an activating group) is 1. The molecule has 1 aromatic rings.